The lowest BCUT2D eigenvalue weighted by Crippen LogP contribution is -2.51. The average Bonchev–Trinajstić information content (AvgIpc) is 1.31. The summed E-state index contributed by atoms with van der Waals surface area (Å²) >= 11 is 0. The van der Waals surface area contributed by atoms with Gasteiger partial charge in [-0.15, -0.1) is 0 Å². The Bertz CT molecular complexity index is 3650. The second kappa shape index (κ2) is 30.7. The molecule has 16 fully saturated rings. The highest BCUT2D eigenvalue weighted by Gasteiger charge is 2.58. The second-order valence-electron chi connectivity index (χ2n) is 36.1. The van der Waals surface area contributed by atoms with E-state index >= 15 is 0 Å². The van der Waals surface area contributed by atoms with Crippen LogP contribution in [-0.2, 0) is 68.1 Å². The number of carbonyl (C=O) groups is 3. The Kier molecular flexibility index (Phi) is 22.0. The highest BCUT2D eigenvalue weighted by atomic mass is 32.2. The zero-order chi connectivity index (χ0) is 69.9. The fraction of sp³-hybridized carbons (Fsp3) is 0.656. The predicted octanol–water partition coefficient (Wildman–Crippen LogP) is 20.9. The van der Waals surface area contributed by atoms with Crippen LogP contribution in [0.25, 0.3) is 10.8 Å². The number of ether oxygens (including phenoxy) is 4. The van der Waals surface area contributed by atoms with E-state index in [1.54, 1.807) is 10.5 Å². The van der Waals surface area contributed by atoms with Gasteiger partial charge in [-0.25, -0.2) is 4.79 Å². The summed E-state index contributed by atoms with van der Waals surface area (Å²) in [4.78, 5) is 45.4. The van der Waals surface area contributed by atoms with Gasteiger partial charge >= 0.3 is 17.9 Å². The van der Waals surface area contributed by atoms with Crippen molar-refractivity contribution >= 4 is 72.3 Å². The quantitative estimate of drug-likeness (QED) is 0.0698. The van der Waals surface area contributed by atoms with Crippen molar-refractivity contribution in [3.8, 4) is 17.2 Å². The van der Waals surface area contributed by atoms with Crippen molar-refractivity contribution in [3.05, 3.63) is 112 Å². The van der Waals surface area contributed by atoms with Crippen molar-refractivity contribution in [1.82, 2.24) is 0 Å². The maximum atomic E-state index is 13.3. The van der Waals surface area contributed by atoms with Crippen molar-refractivity contribution in [3.63, 3.8) is 0 Å². The average molecular weight is 1440 g/mol. The predicted molar refractivity (Wildman–Crippen MR) is 423 cm³/mol. The lowest BCUT2D eigenvalue weighted by molar-refractivity contribution is -0.172. The summed E-state index contributed by atoms with van der Waals surface area (Å²) in [6, 6.07) is 26.9. The number of fused-ring (bicyclic) bond motifs is 1. The van der Waals surface area contributed by atoms with E-state index in [1.807, 2.05) is 0 Å². The van der Waals surface area contributed by atoms with Crippen LogP contribution in [0.1, 0.15) is 233 Å². The van der Waals surface area contributed by atoms with Gasteiger partial charge in [0.15, 0.2) is 26.2 Å². The molecule has 7 nitrogen and oxygen atoms in total. The van der Waals surface area contributed by atoms with Gasteiger partial charge in [0.05, 0.1) is 10.8 Å². The molecule has 12 bridgehead atoms. The van der Waals surface area contributed by atoms with Crippen molar-refractivity contribution in [2.75, 3.05) is 52.6 Å². The Morgan fingerprint density at radius 3 is 1.12 bits per heavy atom. The summed E-state index contributed by atoms with van der Waals surface area (Å²) < 4.78 is 24.3. The number of aryl methyl sites for hydroxylation is 6. The van der Waals surface area contributed by atoms with Gasteiger partial charge in [0.1, 0.15) is 69.4 Å². The summed E-state index contributed by atoms with van der Waals surface area (Å²) in [5.74, 6) is 20.9. The normalized spacial score (nSPS) is 31.6. The molecule has 0 atom stereocenters. The highest BCUT2D eigenvalue weighted by Crippen LogP contribution is 2.62. The molecule has 11 heteroatoms. The Hall–Kier alpha value is -4.03. The SMILES string of the molecule is Cc1cc([S+]2CCCC2)cc(C)c1OC(=O)C12CC3CC(CC(C3)C1)C2.Cc1cc([S+]2CCCCC2)cc(C)c1C(C)(C)C.Cc1cc([S+]2CCCCC2)cc(C)c1OC(=O)C12CC3CC(CC(C3)C1)C2.O=C(COc1ccc([S+]2CCCC2)c2ccccc12)OC1C2CC3CC(C2)CC1C3. The van der Waals surface area contributed by atoms with E-state index in [1.165, 1.54) is 212 Å². The largest absolute Gasteiger partial charge is 0.481 e. The van der Waals surface area contributed by atoms with E-state index < -0.39 is 0 Å². The van der Waals surface area contributed by atoms with E-state index in [9.17, 15) is 14.4 Å². The molecule has 544 valence electrons. The van der Waals surface area contributed by atoms with Gasteiger partial charge in [0, 0.05) is 54.4 Å². The Balaban J connectivity index is 0.000000111. The monoisotopic (exact) mass is 1440 g/mol. The maximum absolute atomic E-state index is 13.3. The van der Waals surface area contributed by atoms with Gasteiger partial charge in [-0.1, -0.05) is 39.0 Å². The fourth-order valence-corrected chi connectivity index (χ4v) is 33.7. The smallest absolute Gasteiger partial charge is 0.344 e. The van der Waals surface area contributed by atoms with Crippen LogP contribution in [0.2, 0.25) is 0 Å². The molecule has 4 aliphatic heterocycles. The lowest BCUT2D eigenvalue weighted by Gasteiger charge is -2.55. The van der Waals surface area contributed by atoms with Crippen LogP contribution in [0.4, 0.5) is 0 Å². The first kappa shape index (κ1) is 72.5. The summed E-state index contributed by atoms with van der Waals surface area (Å²) in [5.41, 5.74) is 9.08. The number of esters is 3. The molecule has 0 spiro atoms. The molecular formula is C90H122O7S4+4. The minimum Gasteiger partial charge on any atom is -0.481 e. The molecule has 4 saturated heterocycles. The fourth-order valence-electron chi connectivity index (χ4n) is 23.8. The first-order valence-corrected chi connectivity index (χ1v) is 46.8. The van der Waals surface area contributed by atoms with Crippen LogP contribution in [-0.4, -0.2) is 76.6 Å². The summed E-state index contributed by atoms with van der Waals surface area (Å²) in [6.45, 7) is 20.1. The Morgan fingerprint density at radius 2 is 0.743 bits per heavy atom. The molecule has 12 aliphatic carbocycles. The van der Waals surface area contributed by atoms with Crippen molar-refractivity contribution in [2.45, 2.75) is 267 Å². The number of rotatable bonds is 12. The number of carbonyl (C=O) groups excluding carboxylic acids is 3. The first-order chi connectivity index (χ1) is 48.7. The summed E-state index contributed by atoms with van der Waals surface area (Å²) in [6.07, 6.45) is 35.1. The van der Waals surface area contributed by atoms with Crippen LogP contribution in [0, 0.1) is 112 Å². The molecule has 101 heavy (non-hydrogen) atoms. The number of hydrogen-bond donors (Lipinski definition) is 0. The molecular weight excluding hydrogens is 1320 g/mol. The number of hydrogen-bond acceptors (Lipinski definition) is 7. The third kappa shape index (κ3) is 15.9. The lowest BCUT2D eigenvalue weighted by atomic mass is 9.49. The first-order valence-electron chi connectivity index (χ1n) is 40.5. The van der Waals surface area contributed by atoms with Crippen LogP contribution in [0.15, 0.2) is 92.4 Å². The molecule has 0 amide bonds. The second-order valence-corrected chi connectivity index (χ2v) is 45.1. The molecule has 16 aliphatic rings. The summed E-state index contributed by atoms with van der Waals surface area (Å²) in [7, 11) is 1.72. The van der Waals surface area contributed by atoms with Gasteiger partial charge in [-0.2, -0.15) is 0 Å². The minimum atomic E-state index is -0.196. The number of benzene rings is 5. The molecule has 0 unspecified atom stereocenters. The van der Waals surface area contributed by atoms with Gasteiger partial charge in [-0.05, 0) is 373 Å². The third-order valence-corrected chi connectivity index (χ3v) is 36.9. The van der Waals surface area contributed by atoms with E-state index in [0.29, 0.717) is 55.4 Å². The van der Waals surface area contributed by atoms with Crippen molar-refractivity contribution < 1.29 is 33.3 Å². The zero-order valence-corrected chi connectivity index (χ0v) is 66.5. The van der Waals surface area contributed by atoms with Gasteiger partial charge in [-0.3, -0.25) is 9.59 Å². The summed E-state index contributed by atoms with van der Waals surface area (Å²) in [5, 5.41) is 2.41. The minimum absolute atomic E-state index is 0.0118. The molecule has 0 radical (unpaired) electrons. The van der Waals surface area contributed by atoms with Gasteiger partial charge < -0.3 is 18.9 Å². The molecule has 12 saturated carbocycles. The van der Waals surface area contributed by atoms with Crippen molar-refractivity contribution in [1.29, 1.82) is 0 Å². The third-order valence-electron chi connectivity index (χ3n) is 27.0. The van der Waals surface area contributed by atoms with E-state index in [-0.39, 0.29) is 46.9 Å². The Morgan fingerprint density at radius 1 is 0.406 bits per heavy atom. The molecule has 0 N–H and O–H groups in total. The zero-order valence-electron chi connectivity index (χ0n) is 63.2. The Labute approximate surface area is 619 Å². The van der Waals surface area contributed by atoms with Crippen LogP contribution < -0.4 is 14.2 Å². The molecule has 5 aromatic carbocycles. The standard InChI is InChI=1S/C26H31O3S.C24H33O2S.C23H31O2S.C17H27S/c27-25(29-26-19-12-17-11-18(14-19)15-20(26)13-17)16-28-23-7-8-24(30-9-3-4-10-30)22-6-2-1-5-21(22)23;1-16-8-21(27-6-4-3-5-7-27)9-17(2)22(16)26-23(25)24-13-18-10-19(14-24)12-20(11-18)15-24;1-15-7-20(26-5-3-4-6-26)8-16(2)21(15)25-22(24)23-12-17-9-18(13-23)11-19(10-17)14-23;1-13-11-15(18-9-7-6-8-10-18)12-14(2)16(13)17(3,4)5/h1-2,5-8,17-20,26H,3-4,9-16H2;8-9,18-20H,3-7,10-15H2,1-2H3;7-8,17-19H,3-6,9-14H2,1-2H3;11-12H,6-10H2,1-5H3/q4*+1. The maximum Gasteiger partial charge on any atom is 0.344 e. The van der Waals surface area contributed by atoms with Gasteiger partial charge in [0.25, 0.3) is 0 Å². The van der Waals surface area contributed by atoms with E-state index in [2.05, 4.69) is 135 Å². The van der Waals surface area contributed by atoms with Crippen LogP contribution in [0.5, 0.6) is 17.2 Å². The highest BCUT2D eigenvalue weighted by molar-refractivity contribution is 7.98. The molecule has 4 heterocycles. The van der Waals surface area contributed by atoms with E-state index in [4.69, 9.17) is 18.9 Å². The van der Waals surface area contributed by atoms with E-state index in [0.717, 1.165) is 131 Å². The van der Waals surface area contributed by atoms with Crippen LogP contribution in [0.3, 0.4) is 0 Å². The van der Waals surface area contributed by atoms with Crippen molar-refractivity contribution in [2.24, 2.45) is 70.0 Å². The molecule has 5 aromatic rings. The topological polar surface area (TPSA) is 88.1 Å². The van der Waals surface area contributed by atoms with Gasteiger partial charge in [0.2, 0.25) is 0 Å². The molecule has 21 rings (SSSR count). The van der Waals surface area contributed by atoms with Crippen LogP contribution >= 0.6 is 0 Å². The molecule has 0 aromatic heterocycles.